The van der Waals surface area contributed by atoms with Crippen LogP contribution < -0.4 is 10.6 Å². The van der Waals surface area contributed by atoms with E-state index in [-0.39, 0.29) is 5.91 Å². The van der Waals surface area contributed by atoms with Crippen molar-refractivity contribution in [2.45, 2.75) is 6.54 Å². The van der Waals surface area contributed by atoms with Gasteiger partial charge in [-0.1, -0.05) is 46.9 Å². The minimum Gasteiger partial charge on any atom is -0.453 e. The van der Waals surface area contributed by atoms with Gasteiger partial charge in [0, 0.05) is 27.3 Å². The van der Waals surface area contributed by atoms with E-state index in [0.29, 0.717) is 37.6 Å². The highest BCUT2D eigenvalue weighted by molar-refractivity contribution is 7.21. The van der Waals surface area contributed by atoms with Crippen LogP contribution in [0.1, 0.15) is 15.2 Å². The molecule has 0 aliphatic heterocycles. The normalized spacial score (nSPS) is 10.7. The van der Waals surface area contributed by atoms with Gasteiger partial charge in [0.1, 0.15) is 4.88 Å². The molecule has 9 heteroatoms. The number of amides is 2. The molecule has 0 saturated heterocycles. The van der Waals surface area contributed by atoms with E-state index in [4.69, 9.17) is 34.8 Å². The van der Waals surface area contributed by atoms with E-state index < -0.39 is 6.09 Å². The van der Waals surface area contributed by atoms with E-state index in [0.717, 1.165) is 10.3 Å². The van der Waals surface area contributed by atoms with Gasteiger partial charge in [0.05, 0.1) is 17.2 Å². The fourth-order valence-electron chi connectivity index (χ4n) is 2.40. The van der Waals surface area contributed by atoms with Crippen molar-refractivity contribution >= 4 is 73.9 Å². The molecular formula is C18H13Cl3N2O3S. The van der Waals surface area contributed by atoms with E-state index in [1.807, 2.05) is 0 Å². The second kappa shape index (κ2) is 8.35. The van der Waals surface area contributed by atoms with Crippen LogP contribution in [0.15, 0.2) is 36.4 Å². The van der Waals surface area contributed by atoms with Crippen molar-refractivity contribution in [1.82, 2.24) is 5.32 Å². The summed E-state index contributed by atoms with van der Waals surface area (Å²) < 4.78 is 5.28. The van der Waals surface area contributed by atoms with Crippen molar-refractivity contribution in [3.63, 3.8) is 0 Å². The molecule has 2 amide bonds. The van der Waals surface area contributed by atoms with E-state index in [2.05, 4.69) is 15.4 Å². The molecule has 5 nitrogen and oxygen atoms in total. The Kier molecular flexibility index (Phi) is 6.11. The number of fused-ring (bicyclic) bond motifs is 1. The largest absolute Gasteiger partial charge is 0.453 e. The average Bonchev–Trinajstić information content (AvgIpc) is 2.97. The minimum atomic E-state index is -0.547. The molecule has 3 aromatic rings. The second-order valence-electron chi connectivity index (χ2n) is 5.50. The summed E-state index contributed by atoms with van der Waals surface area (Å²) in [5.41, 5.74) is 1.45. The van der Waals surface area contributed by atoms with Gasteiger partial charge >= 0.3 is 6.09 Å². The first kappa shape index (κ1) is 19.8. The molecule has 0 aliphatic rings. The molecule has 0 unspecified atom stereocenters. The molecule has 2 N–H and O–H groups in total. The minimum absolute atomic E-state index is 0.301. The number of benzene rings is 2. The third kappa shape index (κ3) is 4.47. The lowest BCUT2D eigenvalue weighted by Crippen LogP contribution is -2.22. The average molecular weight is 444 g/mol. The molecule has 140 valence electrons. The molecule has 3 rings (SSSR count). The number of methoxy groups -OCH3 is 1. The Hall–Kier alpha value is -1.99. The standard InChI is InChI=1S/C18H13Cl3N2O3S/c1-26-18(25)23-11-4-2-9(3-5-11)8-22-17(24)16-15(21)14-12(20)6-10(19)7-13(14)27-16/h2-7H,8H2,1H3,(H,22,24)(H,23,25). The predicted octanol–water partition coefficient (Wildman–Crippen LogP) is 5.97. The van der Waals surface area contributed by atoms with Crippen molar-refractivity contribution in [3.8, 4) is 0 Å². The summed E-state index contributed by atoms with van der Waals surface area (Å²) >= 11 is 19.8. The van der Waals surface area contributed by atoms with E-state index in [1.54, 1.807) is 36.4 Å². The van der Waals surface area contributed by atoms with Crippen LogP contribution in [0.2, 0.25) is 15.1 Å². The monoisotopic (exact) mass is 442 g/mol. The van der Waals surface area contributed by atoms with Crippen LogP contribution in [0.3, 0.4) is 0 Å². The molecule has 1 heterocycles. The highest BCUT2D eigenvalue weighted by atomic mass is 35.5. The Morgan fingerprint density at radius 3 is 2.48 bits per heavy atom. The summed E-state index contributed by atoms with van der Waals surface area (Å²) in [6, 6.07) is 10.3. The van der Waals surface area contributed by atoms with Gasteiger partial charge in [-0.05, 0) is 29.8 Å². The molecule has 0 saturated carbocycles. The van der Waals surface area contributed by atoms with Crippen molar-refractivity contribution in [2.24, 2.45) is 0 Å². The van der Waals surface area contributed by atoms with Crippen LogP contribution in [0.25, 0.3) is 10.1 Å². The number of carbonyl (C=O) groups is 2. The van der Waals surface area contributed by atoms with Crippen molar-refractivity contribution in [3.05, 3.63) is 61.9 Å². The topological polar surface area (TPSA) is 67.4 Å². The Morgan fingerprint density at radius 2 is 1.81 bits per heavy atom. The first-order chi connectivity index (χ1) is 12.9. The summed E-state index contributed by atoms with van der Waals surface area (Å²) in [7, 11) is 1.29. The molecule has 0 fully saturated rings. The van der Waals surface area contributed by atoms with Gasteiger partial charge in [-0.15, -0.1) is 11.3 Å². The first-order valence-electron chi connectivity index (χ1n) is 7.68. The highest BCUT2D eigenvalue weighted by Crippen LogP contribution is 2.41. The Balaban J connectivity index is 1.71. The number of hydrogen-bond donors (Lipinski definition) is 2. The number of ether oxygens (including phenoxy) is 1. The van der Waals surface area contributed by atoms with Gasteiger partial charge in [0.15, 0.2) is 0 Å². The predicted molar refractivity (Wildman–Crippen MR) is 110 cm³/mol. The van der Waals surface area contributed by atoms with E-state index >= 15 is 0 Å². The van der Waals surface area contributed by atoms with Gasteiger partial charge < -0.3 is 10.1 Å². The molecule has 0 bridgehead atoms. The number of halogens is 3. The maximum absolute atomic E-state index is 12.5. The van der Waals surface area contributed by atoms with Crippen LogP contribution in [0.5, 0.6) is 0 Å². The second-order valence-corrected chi connectivity index (χ2v) is 7.78. The van der Waals surface area contributed by atoms with Crippen LogP contribution in [0.4, 0.5) is 10.5 Å². The van der Waals surface area contributed by atoms with E-state index in [9.17, 15) is 9.59 Å². The maximum Gasteiger partial charge on any atom is 0.411 e. The smallest absolute Gasteiger partial charge is 0.411 e. The summed E-state index contributed by atoms with van der Waals surface area (Å²) in [5.74, 6) is -0.301. The SMILES string of the molecule is COC(=O)Nc1ccc(CNC(=O)c2sc3cc(Cl)cc(Cl)c3c2Cl)cc1. The van der Waals surface area contributed by atoms with Gasteiger partial charge in [-0.25, -0.2) is 4.79 Å². The fraction of sp³-hybridized carbons (Fsp3) is 0.111. The number of carbonyl (C=O) groups excluding carboxylic acids is 2. The molecule has 27 heavy (non-hydrogen) atoms. The van der Waals surface area contributed by atoms with Crippen LogP contribution in [0, 0.1) is 0 Å². The third-order valence-electron chi connectivity index (χ3n) is 3.69. The Morgan fingerprint density at radius 1 is 1.11 bits per heavy atom. The number of nitrogens with one attached hydrogen (secondary N) is 2. The van der Waals surface area contributed by atoms with Crippen molar-refractivity contribution in [1.29, 1.82) is 0 Å². The lowest BCUT2D eigenvalue weighted by atomic mass is 10.2. The third-order valence-corrected chi connectivity index (χ3v) is 5.84. The highest BCUT2D eigenvalue weighted by Gasteiger charge is 2.19. The molecule has 1 aromatic heterocycles. The number of hydrogen-bond acceptors (Lipinski definition) is 4. The zero-order chi connectivity index (χ0) is 19.6. The summed E-state index contributed by atoms with van der Waals surface area (Å²) in [4.78, 5) is 24.1. The summed E-state index contributed by atoms with van der Waals surface area (Å²) in [5, 5.41) is 7.20. The quantitative estimate of drug-likeness (QED) is 0.522. The molecule has 0 spiro atoms. The van der Waals surface area contributed by atoms with Gasteiger partial charge in [0.2, 0.25) is 0 Å². The first-order valence-corrected chi connectivity index (χ1v) is 9.63. The van der Waals surface area contributed by atoms with Crippen molar-refractivity contribution < 1.29 is 14.3 Å². The van der Waals surface area contributed by atoms with Gasteiger partial charge in [-0.3, -0.25) is 10.1 Å². The van der Waals surface area contributed by atoms with Crippen LogP contribution >= 0.6 is 46.1 Å². The summed E-state index contributed by atoms with van der Waals surface area (Å²) in [6.07, 6.45) is -0.547. The van der Waals surface area contributed by atoms with Gasteiger partial charge in [0.25, 0.3) is 5.91 Å². The Bertz CT molecular complexity index is 1020. The number of rotatable bonds is 4. The fourth-order valence-corrected chi connectivity index (χ4v) is 4.69. The number of anilines is 1. The summed E-state index contributed by atoms with van der Waals surface area (Å²) in [6.45, 7) is 0.302. The lowest BCUT2D eigenvalue weighted by molar-refractivity contribution is 0.0955. The van der Waals surface area contributed by atoms with Crippen LogP contribution in [-0.2, 0) is 11.3 Å². The molecule has 0 aliphatic carbocycles. The molecule has 2 aromatic carbocycles. The maximum atomic E-state index is 12.5. The van der Waals surface area contributed by atoms with Crippen LogP contribution in [-0.4, -0.2) is 19.1 Å². The molecule has 0 atom stereocenters. The zero-order valence-corrected chi connectivity index (χ0v) is 17.0. The lowest BCUT2D eigenvalue weighted by Gasteiger charge is -2.07. The number of thiophene rings is 1. The Labute approximate surface area is 174 Å². The van der Waals surface area contributed by atoms with Crippen molar-refractivity contribution in [2.75, 3.05) is 12.4 Å². The molecular weight excluding hydrogens is 431 g/mol. The van der Waals surface area contributed by atoms with Gasteiger partial charge in [-0.2, -0.15) is 0 Å². The zero-order valence-electron chi connectivity index (χ0n) is 13.9. The molecule has 0 radical (unpaired) electrons. The van der Waals surface area contributed by atoms with E-state index in [1.165, 1.54) is 18.4 Å².